The summed E-state index contributed by atoms with van der Waals surface area (Å²) in [7, 11) is -1.61. The second-order valence-electron chi connectivity index (χ2n) is 8.22. The lowest BCUT2D eigenvalue weighted by Gasteiger charge is -2.31. The van der Waals surface area contributed by atoms with Crippen molar-refractivity contribution in [2.24, 2.45) is 0 Å². The lowest BCUT2D eigenvalue weighted by molar-refractivity contribution is -0.115. The van der Waals surface area contributed by atoms with E-state index in [9.17, 15) is 13.2 Å². The van der Waals surface area contributed by atoms with Crippen molar-refractivity contribution in [1.29, 1.82) is 0 Å². The van der Waals surface area contributed by atoms with Crippen LogP contribution < -0.4 is 5.32 Å². The second kappa shape index (κ2) is 9.26. The summed E-state index contributed by atoms with van der Waals surface area (Å²) < 4.78 is 27.5. The largest absolute Gasteiger partial charge is 0.345 e. The van der Waals surface area contributed by atoms with E-state index in [0.717, 1.165) is 22.3 Å². The quantitative estimate of drug-likeness (QED) is 0.425. The van der Waals surface area contributed by atoms with Crippen LogP contribution in [0.15, 0.2) is 59.1 Å². The molecule has 1 amide bonds. The minimum atomic E-state index is -3.59. The summed E-state index contributed by atoms with van der Waals surface area (Å²) in [6, 6.07) is 10.4. The first-order valence-electron chi connectivity index (χ1n) is 10.9. The van der Waals surface area contributed by atoms with E-state index in [1.54, 1.807) is 30.5 Å². The molecular weight excluding hydrogens is 472 g/mol. The number of benzene rings is 1. The number of anilines is 1. The van der Waals surface area contributed by atoms with Gasteiger partial charge in [-0.2, -0.15) is 4.31 Å². The number of aromatic nitrogens is 3. The number of carbonyl (C=O) groups is 1. The molecule has 0 saturated carbocycles. The minimum Gasteiger partial charge on any atom is -0.345 e. The number of hydrogen-bond donors (Lipinski definition) is 2. The number of aromatic amines is 1. The van der Waals surface area contributed by atoms with Crippen LogP contribution in [-0.4, -0.2) is 71.7 Å². The molecule has 1 aliphatic heterocycles. The zero-order valence-corrected chi connectivity index (χ0v) is 20.2. The molecule has 0 radical (unpaired) electrons. The van der Waals surface area contributed by atoms with E-state index in [-0.39, 0.29) is 17.2 Å². The predicted octanol–water partition coefficient (Wildman–Crippen LogP) is 2.80. The number of nitrogens with one attached hydrogen (secondary N) is 2. The summed E-state index contributed by atoms with van der Waals surface area (Å²) in [6.07, 6.45) is 3.63. The summed E-state index contributed by atoms with van der Waals surface area (Å²) in [6.45, 7) is 2.32. The molecule has 0 aliphatic carbocycles. The van der Waals surface area contributed by atoms with Crippen molar-refractivity contribution in [2.45, 2.75) is 11.3 Å². The van der Waals surface area contributed by atoms with Gasteiger partial charge in [-0.25, -0.2) is 18.4 Å². The molecule has 1 fully saturated rings. The average Bonchev–Trinajstić information content (AvgIpc) is 3.46. The van der Waals surface area contributed by atoms with Gasteiger partial charge in [0.2, 0.25) is 15.9 Å². The first kappa shape index (κ1) is 22.7. The van der Waals surface area contributed by atoms with E-state index < -0.39 is 10.0 Å². The lowest BCUT2D eigenvalue weighted by Crippen LogP contribution is -2.47. The Balaban J connectivity index is 1.27. The summed E-state index contributed by atoms with van der Waals surface area (Å²) in [5.41, 5.74) is 3.08. The van der Waals surface area contributed by atoms with E-state index in [1.807, 2.05) is 30.8 Å². The van der Waals surface area contributed by atoms with E-state index in [1.165, 1.54) is 15.6 Å². The van der Waals surface area contributed by atoms with Crippen molar-refractivity contribution < 1.29 is 13.2 Å². The van der Waals surface area contributed by atoms with Gasteiger partial charge < -0.3 is 15.2 Å². The van der Waals surface area contributed by atoms with Gasteiger partial charge in [0.15, 0.2) is 5.13 Å². The fourth-order valence-electron chi connectivity index (χ4n) is 3.97. The Morgan fingerprint density at radius 1 is 1.18 bits per heavy atom. The van der Waals surface area contributed by atoms with Crippen LogP contribution in [0, 0.1) is 0 Å². The molecule has 176 valence electrons. The van der Waals surface area contributed by atoms with Gasteiger partial charge in [0.25, 0.3) is 0 Å². The highest BCUT2D eigenvalue weighted by molar-refractivity contribution is 7.89. The fourth-order valence-corrected chi connectivity index (χ4v) is 6.18. The van der Waals surface area contributed by atoms with Crippen LogP contribution in [0.5, 0.6) is 0 Å². The number of carbonyl (C=O) groups excluding carboxylic acids is 1. The highest BCUT2D eigenvalue weighted by Crippen LogP contribution is 2.30. The molecule has 3 aromatic heterocycles. The molecule has 1 aliphatic rings. The highest BCUT2D eigenvalue weighted by atomic mass is 32.2. The number of fused-ring (bicyclic) bond motifs is 1. The number of piperazine rings is 1. The van der Waals surface area contributed by atoms with Crippen LogP contribution in [-0.2, 0) is 21.2 Å². The van der Waals surface area contributed by atoms with Gasteiger partial charge in [-0.3, -0.25) is 4.79 Å². The van der Waals surface area contributed by atoms with E-state index >= 15 is 0 Å². The Morgan fingerprint density at radius 2 is 2.00 bits per heavy atom. The number of likely N-dealkylation sites (N-methyl/N-ethyl adjacent to an activating group) is 1. The number of hydrogen-bond acceptors (Lipinski definition) is 7. The molecular formula is C23H24N6O3S2. The maximum absolute atomic E-state index is 13.0. The maximum atomic E-state index is 13.0. The topological polar surface area (TPSA) is 111 Å². The first-order chi connectivity index (χ1) is 16.4. The molecule has 1 saturated heterocycles. The van der Waals surface area contributed by atoms with Gasteiger partial charge in [-0.05, 0) is 36.9 Å². The van der Waals surface area contributed by atoms with Gasteiger partial charge in [0.1, 0.15) is 5.65 Å². The Labute approximate surface area is 201 Å². The standard InChI is InChI=1S/C23H24N6O3S2/c1-28-8-10-29(11-9-28)34(31,32)17-5-2-4-16(12-17)13-21(30)27-23-26-20(15-33-23)19-14-25-22-18(19)6-3-7-24-22/h2-7,12,14-15H,8-11,13H2,1H3,(H,24,25)(H,26,27,30). The van der Waals surface area contributed by atoms with Crippen LogP contribution in [0.25, 0.3) is 22.3 Å². The van der Waals surface area contributed by atoms with Crippen molar-refractivity contribution >= 4 is 43.4 Å². The molecule has 0 atom stereocenters. The zero-order chi connectivity index (χ0) is 23.7. The van der Waals surface area contributed by atoms with Crippen LogP contribution >= 0.6 is 11.3 Å². The molecule has 5 rings (SSSR count). The summed E-state index contributed by atoms with van der Waals surface area (Å²) >= 11 is 1.34. The van der Waals surface area contributed by atoms with Crippen molar-refractivity contribution in [3.63, 3.8) is 0 Å². The fraction of sp³-hybridized carbons (Fsp3) is 0.261. The number of rotatable bonds is 6. The smallest absolute Gasteiger partial charge is 0.243 e. The number of amides is 1. The third-order valence-corrected chi connectivity index (χ3v) is 8.49. The Hall–Kier alpha value is -3.12. The molecule has 0 bridgehead atoms. The SMILES string of the molecule is CN1CCN(S(=O)(=O)c2cccc(CC(=O)Nc3nc(-c4c[nH]c5ncccc45)cs3)c2)CC1. The lowest BCUT2D eigenvalue weighted by atomic mass is 10.1. The van der Waals surface area contributed by atoms with E-state index in [0.29, 0.717) is 36.9 Å². The number of nitrogens with zero attached hydrogens (tertiary/aromatic N) is 4. The van der Waals surface area contributed by atoms with E-state index in [2.05, 4.69) is 25.2 Å². The Bertz CT molecular complexity index is 1440. The summed E-state index contributed by atoms with van der Waals surface area (Å²) in [5.74, 6) is -0.254. The van der Waals surface area contributed by atoms with Gasteiger partial charge in [0.05, 0.1) is 17.0 Å². The molecule has 1 aromatic carbocycles. The molecule has 34 heavy (non-hydrogen) atoms. The molecule has 2 N–H and O–H groups in total. The average molecular weight is 497 g/mol. The molecule has 4 aromatic rings. The van der Waals surface area contributed by atoms with Crippen LogP contribution in [0.4, 0.5) is 5.13 Å². The van der Waals surface area contributed by atoms with E-state index in [4.69, 9.17) is 0 Å². The molecule has 11 heteroatoms. The number of sulfonamides is 1. The predicted molar refractivity (Wildman–Crippen MR) is 132 cm³/mol. The normalized spacial score (nSPS) is 15.6. The van der Waals surface area contributed by atoms with Gasteiger partial charge in [-0.15, -0.1) is 11.3 Å². The van der Waals surface area contributed by atoms with Crippen molar-refractivity contribution in [1.82, 2.24) is 24.2 Å². The number of thiazole rings is 1. The van der Waals surface area contributed by atoms with Gasteiger partial charge >= 0.3 is 0 Å². The van der Waals surface area contributed by atoms with Gasteiger partial charge in [0, 0.05) is 54.9 Å². The second-order valence-corrected chi connectivity index (χ2v) is 11.0. The maximum Gasteiger partial charge on any atom is 0.243 e. The monoisotopic (exact) mass is 496 g/mol. The third kappa shape index (κ3) is 4.60. The summed E-state index contributed by atoms with van der Waals surface area (Å²) in [5, 5.41) is 6.16. The zero-order valence-electron chi connectivity index (χ0n) is 18.6. The van der Waals surface area contributed by atoms with Crippen molar-refractivity contribution in [2.75, 3.05) is 38.5 Å². The van der Waals surface area contributed by atoms with Crippen LogP contribution in [0.3, 0.4) is 0 Å². The third-order valence-electron chi connectivity index (χ3n) is 5.84. The molecule has 0 unspecified atom stereocenters. The van der Waals surface area contributed by atoms with Crippen LogP contribution in [0.2, 0.25) is 0 Å². The van der Waals surface area contributed by atoms with Crippen molar-refractivity contribution in [3.8, 4) is 11.3 Å². The van der Waals surface area contributed by atoms with Crippen molar-refractivity contribution in [3.05, 3.63) is 59.7 Å². The Kier molecular flexibility index (Phi) is 6.17. The molecule has 9 nitrogen and oxygen atoms in total. The Morgan fingerprint density at radius 3 is 2.82 bits per heavy atom. The molecule has 4 heterocycles. The summed E-state index contributed by atoms with van der Waals surface area (Å²) in [4.78, 5) is 26.9. The first-order valence-corrected chi connectivity index (χ1v) is 13.2. The molecule has 0 spiro atoms. The minimum absolute atomic E-state index is 0.0536. The number of H-pyrrole nitrogens is 1. The highest BCUT2D eigenvalue weighted by Gasteiger charge is 2.27. The number of pyridine rings is 1. The van der Waals surface area contributed by atoms with Gasteiger partial charge in [-0.1, -0.05) is 12.1 Å². The van der Waals surface area contributed by atoms with Crippen LogP contribution in [0.1, 0.15) is 5.56 Å².